The molecule has 1 N–H and O–H groups in total. The first-order valence-electron chi connectivity index (χ1n) is 18.2. The molecule has 3 aliphatic carbocycles. The van der Waals surface area contributed by atoms with Gasteiger partial charge in [-0.15, -0.1) is 0 Å². The molecule has 0 aromatic rings. The van der Waals surface area contributed by atoms with Gasteiger partial charge in [0.05, 0.1) is 17.8 Å². The van der Waals surface area contributed by atoms with E-state index in [0.29, 0.717) is 23.2 Å². The molecule has 0 saturated heterocycles. The van der Waals surface area contributed by atoms with Crippen molar-refractivity contribution >= 4 is 16.6 Å². The lowest BCUT2D eigenvalue weighted by atomic mass is 9.61. The van der Waals surface area contributed by atoms with Crippen LogP contribution in [0.5, 0.6) is 0 Å². The summed E-state index contributed by atoms with van der Waals surface area (Å²) in [5.74, 6) is 1.99. The number of allylic oxidation sites excluding steroid dienone is 4. The lowest BCUT2D eigenvalue weighted by Crippen LogP contribution is -2.49. The van der Waals surface area contributed by atoms with Gasteiger partial charge >= 0.3 is 0 Å². The fourth-order valence-corrected chi connectivity index (χ4v) is 10.3. The average molecular weight is 657 g/mol. The van der Waals surface area contributed by atoms with Crippen LogP contribution in [0.25, 0.3) is 0 Å². The van der Waals surface area contributed by atoms with Crippen LogP contribution in [0.4, 0.5) is 0 Å². The lowest BCUT2D eigenvalue weighted by Gasteiger charge is -2.45. The second-order valence-electron chi connectivity index (χ2n) is 19.0. The van der Waals surface area contributed by atoms with Crippen molar-refractivity contribution in [3.8, 4) is 0 Å². The van der Waals surface area contributed by atoms with E-state index in [4.69, 9.17) is 8.85 Å². The number of hydrogen-bond acceptors (Lipinski definition) is 3. The Hall–Kier alpha value is -0.726. The summed E-state index contributed by atoms with van der Waals surface area (Å²) in [5, 5.41) is 10.8. The fourth-order valence-electron chi connectivity index (χ4n) is 7.62. The van der Waals surface area contributed by atoms with Crippen LogP contribution >= 0.6 is 0 Å². The molecular formula is C40H72O3Si2. The summed E-state index contributed by atoms with van der Waals surface area (Å²) >= 11 is 0. The van der Waals surface area contributed by atoms with Crippen LogP contribution in [0.15, 0.2) is 47.6 Å². The van der Waals surface area contributed by atoms with Gasteiger partial charge in [-0.2, -0.15) is 0 Å². The summed E-state index contributed by atoms with van der Waals surface area (Å²) in [7, 11) is -3.91. The second-order valence-corrected chi connectivity index (χ2v) is 28.6. The van der Waals surface area contributed by atoms with Crippen LogP contribution in [0, 0.1) is 29.1 Å². The zero-order chi connectivity index (χ0) is 34.4. The van der Waals surface area contributed by atoms with Crippen molar-refractivity contribution in [1.29, 1.82) is 0 Å². The molecule has 0 bridgehead atoms. The first kappa shape index (κ1) is 38.7. The topological polar surface area (TPSA) is 38.7 Å². The Kier molecular flexibility index (Phi) is 11.7. The summed E-state index contributed by atoms with van der Waals surface area (Å²) in [6.07, 6.45) is 18.0. The van der Waals surface area contributed by atoms with Crippen molar-refractivity contribution in [2.45, 2.75) is 175 Å². The highest BCUT2D eigenvalue weighted by Gasteiger charge is 2.50. The van der Waals surface area contributed by atoms with E-state index in [1.807, 2.05) is 13.8 Å². The minimum Gasteiger partial charge on any atom is -0.413 e. The molecule has 0 heterocycles. The van der Waals surface area contributed by atoms with E-state index in [1.165, 1.54) is 43.3 Å². The summed E-state index contributed by atoms with van der Waals surface area (Å²) in [4.78, 5) is 0. The second kappa shape index (κ2) is 13.6. The molecule has 5 heteroatoms. The van der Waals surface area contributed by atoms with Crippen LogP contribution < -0.4 is 0 Å². The minimum absolute atomic E-state index is 0.0190. The van der Waals surface area contributed by atoms with Gasteiger partial charge in [0, 0.05) is 12.3 Å². The van der Waals surface area contributed by atoms with Gasteiger partial charge in [0.1, 0.15) is 0 Å². The highest BCUT2D eigenvalue weighted by molar-refractivity contribution is 6.74. The van der Waals surface area contributed by atoms with E-state index in [0.717, 1.165) is 12.8 Å². The third-order valence-corrected chi connectivity index (χ3v) is 22.2. The molecule has 0 aliphatic heterocycles. The van der Waals surface area contributed by atoms with E-state index in [9.17, 15) is 5.11 Å². The molecule has 3 nitrogen and oxygen atoms in total. The molecular weight excluding hydrogens is 585 g/mol. The van der Waals surface area contributed by atoms with Crippen LogP contribution in [-0.4, -0.2) is 39.6 Å². The molecule has 0 aromatic carbocycles. The van der Waals surface area contributed by atoms with Crippen molar-refractivity contribution < 1.29 is 14.0 Å². The predicted octanol–water partition coefficient (Wildman–Crippen LogP) is 11.8. The Labute approximate surface area is 281 Å². The molecule has 0 unspecified atom stereocenters. The molecule has 3 rings (SSSR count). The molecule has 45 heavy (non-hydrogen) atoms. The highest BCUT2D eigenvalue weighted by Crippen LogP contribution is 2.59. The molecule has 0 spiro atoms. The van der Waals surface area contributed by atoms with Gasteiger partial charge in [0.2, 0.25) is 0 Å². The molecule has 0 amide bonds. The zero-order valence-electron chi connectivity index (χ0n) is 32.2. The van der Waals surface area contributed by atoms with Crippen LogP contribution in [0.2, 0.25) is 36.3 Å². The first-order valence-corrected chi connectivity index (χ1v) is 24.0. The van der Waals surface area contributed by atoms with Crippen LogP contribution in [0.1, 0.15) is 121 Å². The summed E-state index contributed by atoms with van der Waals surface area (Å²) in [6, 6.07) is 0. The quantitative estimate of drug-likeness (QED) is 0.198. The molecule has 3 fully saturated rings. The Morgan fingerprint density at radius 2 is 1.47 bits per heavy atom. The zero-order valence-corrected chi connectivity index (χ0v) is 34.2. The van der Waals surface area contributed by atoms with Crippen LogP contribution in [-0.2, 0) is 8.85 Å². The Morgan fingerprint density at radius 3 is 2.02 bits per heavy atom. The van der Waals surface area contributed by atoms with Gasteiger partial charge in [0.15, 0.2) is 16.6 Å². The predicted molar refractivity (Wildman–Crippen MR) is 201 cm³/mol. The summed E-state index contributed by atoms with van der Waals surface area (Å²) in [5.41, 5.74) is 3.80. The maximum absolute atomic E-state index is 10.5. The monoisotopic (exact) mass is 657 g/mol. The first-order chi connectivity index (χ1) is 20.3. The van der Waals surface area contributed by atoms with Gasteiger partial charge in [0.25, 0.3) is 0 Å². The third kappa shape index (κ3) is 8.85. The maximum atomic E-state index is 10.5. The fraction of sp³-hybridized carbons (Fsp3) is 0.800. The van der Waals surface area contributed by atoms with Crippen LogP contribution in [0.3, 0.4) is 0 Å². The third-order valence-electron chi connectivity index (χ3n) is 13.2. The molecule has 3 aliphatic rings. The number of hydrogen-bond donors (Lipinski definition) is 1. The number of rotatable bonds is 9. The van der Waals surface area contributed by atoms with Gasteiger partial charge in [-0.25, -0.2) is 0 Å². The highest BCUT2D eigenvalue weighted by atomic mass is 28.4. The van der Waals surface area contributed by atoms with Crippen molar-refractivity contribution in [3.05, 3.63) is 47.6 Å². The number of fused-ring (bicyclic) bond motifs is 1. The van der Waals surface area contributed by atoms with Crippen molar-refractivity contribution in [2.24, 2.45) is 29.1 Å². The maximum Gasteiger partial charge on any atom is 0.192 e. The van der Waals surface area contributed by atoms with Gasteiger partial charge in [-0.3, -0.25) is 0 Å². The molecule has 7 atom stereocenters. The van der Waals surface area contributed by atoms with E-state index in [1.54, 1.807) is 5.57 Å². The molecule has 3 saturated carbocycles. The average Bonchev–Trinajstić information content (AvgIpc) is 3.23. The Bertz CT molecular complexity index is 1140. The van der Waals surface area contributed by atoms with Crippen molar-refractivity contribution in [2.75, 3.05) is 0 Å². The van der Waals surface area contributed by atoms with Gasteiger partial charge in [-0.1, -0.05) is 98.8 Å². The van der Waals surface area contributed by atoms with Gasteiger partial charge in [-0.05, 0) is 123 Å². The number of aliphatic hydroxyl groups is 1. The van der Waals surface area contributed by atoms with E-state index in [-0.39, 0.29) is 28.2 Å². The van der Waals surface area contributed by atoms with Crippen molar-refractivity contribution in [1.82, 2.24) is 0 Å². The summed E-state index contributed by atoms with van der Waals surface area (Å²) < 4.78 is 14.2. The molecule has 0 radical (unpaired) electrons. The minimum atomic E-state index is -1.98. The summed E-state index contributed by atoms with van der Waals surface area (Å²) in [6.45, 7) is 39.1. The van der Waals surface area contributed by atoms with E-state index in [2.05, 4.69) is 119 Å². The van der Waals surface area contributed by atoms with E-state index < -0.39 is 22.2 Å². The Morgan fingerprint density at radius 1 is 0.889 bits per heavy atom. The largest absolute Gasteiger partial charge is 0.413 e. The standard InChI is InChI=1S/C40H72O3Si2/c1-28(19-20-29(2)39(10,11)41)34-23-24-35-31(18-17-25-40(34,35)12)21-22-32-26-33(42-44(13,14)37(4,5)6)27-36(30(32)3)43-45(15,16)38(7,8)9/h19-22,28-29,33-36,41H,3,17-18,23-27H2,1-2,4-16H3/b20-19-,31-21+,32-22+/t28-,29+,33-,34-,35+,36+,40-/m1/s1. The lowest BCUT2D eigenvalue weighted by molar-refractivity contribution is 0.0436. The SMILES string of the molecule is C=C1/C(=C/C=C2\CCC[C@]3(C)[C@@H]([C@H](C)/C=C\[C@H](C)C(C)(C)O)CC[C@@H]23)C[C@@H](O[Si](C)(C)C(C)(C)C)C[C@@H]1O[Si](C)(C)C(C)(C)C. The van der Waals surface area contributed by atoms with Gasteiger partial charge < -0.3 is 14.0 Å². The smallest absolute Gasteiger partial charge is 0.192 e. The van der Waals surface area contributed by atoms with E-state index >= 15 is 0 Å². The normalized spacial score (nSPS) is 32.4. The Balaban J connectivity index is 1.90. The molecule has 0 aromatic heterocycles. The van der Waals surface area contributed by atoms with Crippen molar-refractivity contribution in [3.63, 3.8) is 0 Å². The molecule has 258 valence electrons.